The summed E-state index contributed by atoms with van der Waals surface area (Å²) in [6.07, 6.45) is 1.80. The predicted molar refractivity (Wildman–Crippen MR) is 60.7 cm³/mol. The lowest BCUT2D eigenvalue weighted by atomic mass is 10.1. The number of rotatable bonds is 1. The summed E-state index contributed by atoms with van der Waals surface area (Å²) in [4.78, 5) is 4.08. The van der Waals surface area contributed by atoms with Gasteiger partial charge in [-0.05, 0) is 33.6 Å². The van der Waals surface area contributed by atoms with Gasteiger partial charge in [0.05, 0.1) is 19.3 Å². The fourth-order valence-corrected chi connectivity index (χ4v) is 1.80. The Morgan fingerprint density at radius 1 is 1.57 bits per heavy atom. The lowest BCUT2D eigenvalue weighted by molar-refractivity contribution is 0.0768. The molecule has 0 bridgehead atoms. The Bertz CT molecular complexity index is 292. The van der Waals surface area contributed by atoms with Crippen LogP contribution in [0.25, 0.3) is 0 Å². The van der Waals surface area contributed by atoms with Crippen LogP contribution < -0.4 is 5.32 Å². The van der Waals surface area contributed by atoms with Crippen LogP contribution in [0.2, 0.25) is 0 Å². The minimum absolute atomic E-state index is 0. The predicted octanol–water partition coefficient (Wildman–Crippen LogP) is 1.93. The van der Waals surface area contributed by atoms with Gasteiger partial charge in [-0.15, -0.1) is 12.4 Å². The zero-order valence-corrected chi connectivity index (χ0v) is 9.97. The molecule has 5 heteroatoms. The Balaban J connectivity index is 0.000000980. The highest BCUT2D eigenvalue weighted by Crippen LogP contribution is 2.17. The second kappa shape index (κ2) is 5.66. The summed E-state index contributed by atoms with van der Waals surface area (Å²) in [5, 5.41) is 3.39. The van der Waals surface area contributed by atoms with E-state index in [2.05, 4.69) is 26.2 Å². The number of hydrogen-bond donors (Lipinski definition) is 1. The lowest BCUT2D eigenvalue weighted by Gasteiger charge is -2.23. The minimum Gasteiger partial charge on any atom is -0.378 e. The average Bonchev–Trinajstić information content (AvgIpc) is 2.19. The summed E-state index contributed by atoms with van der Waals surface area (Å²) in [5.74, 6) is 0. The molecular weight excluding hydrogens is 267 g/mol. The third-order valence-electron chi connectivity index (χ3n) is 2.07. The zero-order valence-electron chi connectivity index (χ0n) is 7.57. The van der Waals surface area contributed by atoms with E-state index in [1.807, 2.05) is 12.1 Å². The molecule has 1 aromatic rings. The van der Waals surface area contributed by atoms with E-state index in [0.29, 0.717) is 6.04 Å². The molecule has 1 aromatic heterocycles. The van der Waals surface area contributed by atoms with E-state index in [9.17, 15) is 0 Å². The summed E-state index contributed by atoms with van der Waals surface area (Å²) in [5.41, 5.74) is 1.22. The quantitative estimate of drug-likeness (QED) is 0.798. The maximum Gasteiger partial charge on any atom is 0.106 e. The molecule has 0 radical (unpaired) electrons. The van der Waals surface area contributed by atoms with Gasteiger partial charge in [0.1, 0.15) is 4.60 Å². The molecule has 1 atom stereocenters. The van der Waals surface area contributed by atoms with Crippen LogP contribution in [-0.2, 0) is 4.74 Å². The van der Waals surface area contributed by atoms with Crippen LogP contribution in [0, 0.1) is 0 Å². The number of ether oxygens (including phenoxy) is 1. The van der Waals surface area contributed by atoms with Crippen LogP contribution in [-0.4, -0.2) is 24.7 Å². The van der Waals surface area contributed by atoms with Gasteiger partial charge >= 0.3 is 0 Å². The van der Waals surface area contributed by atoms with Crippen LogP contribution in [0.5, 0.6) is 0 Å². The Morgan fingerprint density at radius 2 is 2.43 bits per heavy atom. The van der Waals surface area contributed by atoms with E-state index in [4.69, 9.17) is 4.74 Å². The molecule has 0 amide bonds. The normalized spacial score (nSPS) is 21.4. The maximum atomic E-state index is 5.38. The van der Waals surface area contributed by atoms with Crippen molar-refractivity contribution in [2.24, 2.45) is 0 Å². The highest BCUT2D eigenvalue weighted by atomic mass is 79.9. The number of hydrogen-bond acceptors (Lipinski definition) is 3. The van der Waals surface area contributed by atoms with Gasteiger partial charge in [0.25, 0.3) is 0 Å². The van der Waals surface area contributed by atoms with Crippen LogP contribution in [0.4, 0.5) is 0 Å². The summed E-state index contributed by atoms with van der Waals surface area (Å²) in [6.45, 7) is 2.48. The molecule has 78 valence electrons. The molecule has 1 aliphatic heterocycles. The van der Waals surface area contributed by atoms with Crippen molar-refractivity contribution >= 4 is 28.3 Å². The molecule has 1 saturated heterocycles. The van der Waals surface area contributed by atoms with Crippen LogP contribution in [0.3, 0.4) is 0 Å². The molecule has 3 nitrogen and oxygen atoms in total. The van der Waals surface area contributed by atoms with E-state index >= 15 is 0 Å². The first kappa shape index (κ1) is 11.9. The molecular formula is C9H12BrClN2O. The number of nitrogens with zero attached hydrogens (tertiary/aromatic N) is 1. The van der Waals surface area contributed by atoms with E-state index in [-0.39, 0.29) is 12.4 Å². The first-order valence-corrected chi connectivity index (χ1v) is 5.08. The van der Waals surface area contributed by atoms with Crippen molar-refractivity contribution in [2.75, 3.05) is 19.8 Å². The van der Waals surface area contributed by atoms with E-state index in [1.165, 1.54) is 5.56 Å². The molecule has 14 heavy (non-hydrogen) atoms. The monoisotopic (exact) mass is 278 g/mol. The Hall–Kier alpha value is -0.160. The lowest BCUT2D eigenvalue weighted by Crippen LogP contribution is -2.34. The molecule has 0 spiro atoms. The van der Waals surface area contributed by atoms with Gasteiger partial charge in [-0.2, -0.15) is 0 Å². The molecule has 2 rings (SSSR count). The summed E-state index contributed by atoms with van der Waals surface area (Å²) < 4.78 is 6.25. The Kier molecular flexibility index (Phi) is 4.81. The van der Waals surface area contributed by atoms with Crippen molar-refractivity contribution in [2.45, 2.75) is 6.04 Å². The zero-order chi connectivity index (χ0) is 9.10. The molecule has 0 aliphatic carbocycles. The van der Waals surface area contributed by atoms with Crippen molar-refractivity contribution in [3.63, 3.8) is 0 Å². The van der Waals surface area contributed by atoms with Crippen molar-refractivity contribution in [3.8, 4) is 0 Å². The molecule has 0 saturated carbocycles. The van der Waals surface area contributed by atoms with Gasteiger partial charge in [-0.25, -0.2) is 4.98 Å². The average molecular weight is 280 g/mol. The van der Waals surface area contributed by atoms with Gasteiger partial charge < -0.3 is 10.1 Å². The van der Waals surface area contributed by atoms with Gasteiger partial charge in [-0.1, -0.05) is 0 Å². The van der Waals surface area contributed by atoms with Gasteiger partial charge in [0, 0.05) is 12.7 Å². The van der Waals surface area contributed by atoms with Gasteiger partial charge in [0.15, 0.2) is 0 Å². The number of morpholine rings is 1. The van der Waals surface area contributed by atoms with Crippen LogP contribution in [0.15, 0.2) is 22.9 Å². The molecule has 1 aliphatic rings. The second-order valence-electron chi connectivity index (χ2n) is 2.99. The fourth-order valence-electron chi connectivity index (χ4n) is 1.41. The number of nitrogens with one attached hydrogen (secondary N) is 1. The topological polar surface area (TPSA) is 34.1 Å². The summed E-state index contributed by atoms with van der Waals surface area (Å²) in [6, 6.07) is 4.34. The smallest absolute Gasteiger partial charge is 0.106 e. The van der Waals surface area contributed by atoms with Crippen LogP contribution >= 0.6 is 28.3 Å². The summed E-state index contributed by atoms with van der Waals surface area (Å²) >= 11 is 3.35. The van der Waals surface area contributed by atoms with Crippen molar-refractivity contribution in [1.29, 1.82) is 0 Å². The van der Waals surface area contributed by atoms with Crippen molar-refractivity contribution in [1.82, 2.24) is 10.3 Å². The number of halogens is 2. The van der Waals surface area contributed by atoms with Gasteiger partial charge in [-0.3, -0.25) is 0 Å². The number of aromatic nitrogens is 1. The highest BCUT2D eigenvalue weighted by Gasteiger charge is 2.14. The SMILES string of the molecule is Brc1cc([C@H]2COCCN2)ccn1.Cl. The highest BCUT2D eigenvalue weighted by molar-refractivity contribution is 9.10. The minimum atomic E-state index is 0. The third kappa shape index (κ3) is 2.92. The molecule has 0 aromatic carbocycles. The maximum absolute atomic E-state index is 5.38. The van der Waals surface area contributed by atoms with E-state index in [1.54, 1.807) is 6.20 Å². The van der Waals surface area contributed by atoms with Crippen molar-refractivity contribution in [3.05, 3.63) is 28.5 Å². The van der Waals surface area contributed by atoms with Gasteiger partial charge in [0.2, 0.25) is 0 Å². The Labute approximate surface area is 97.8 Å². The summed E-state index contributed by atoms with van der Waals surface area (Å²) in [7, 11) is 0. The van der Waals surface area contributed by atoms with E-state index < -0.39 is 0 Å². The first-order valence-electron chi connectivity index (χ1n) is 4.29. The second-order valence-corrected chi connectivity index (χ2v) is 3.81. The Morgan fingerprint density at radius 3 is 3.07 bits per heavy atom. The van der Waals surface area contributed by atoms with Crippen molar-refractivity contribution < 1.29 is 4.74 Å². The fraction of sp³-hybridized carbons (Fsp3) is 0.444. The van der Waals surface area contributed by atoms with Crippen LogP contribution in [0.1, 0.15) is 11.6 Å². The molecule has 0 unspecified atom stereocenters. The molecule has 1 fully saturated rings. The first-order chi connectivity index (χ1) is 6.36. The van der Waals surface area contributed by atoms with E-state index in [0.717, 1.165) is 24.4 Å². The molecule has 2 heterocycles. The number of pyridine rings is 1. The standard InChI is InChI=1S/C9H11BrN2O.ClH/c10-9-5-7(1-2-12-9)8-6-13-4-3-11-8;/h1-2,5,8,11H,3-4,6H2;1H/t8-;/m1./s1. The third-order valence-corrected chi connectivity index (χ3v) is 2.51. The largest absolute Gasteiger partial charge is 0.378 e. The molecule has 1 N–H and O–H groups in total.